The fourth-order valence-corrected chi connectivity index (χ4v) is 2.39. The third kappa shape index (κ3) is 6.19. The van der Waals surface area contributed by atoms with Crippen molar-refractivity contribution >= 4 is 12.0 Å². The van der Waals surface area contributed by atoms with Gasteiger partial charge in [-0.3, -0.25) is 4.79 Å². The molecule has 0 heterocycles. The van der Waals surface area contributed by atoms with Gasteiger partial charge in [0.1, 0.15) is 18.2 Å². The van der Waals surface area contributed by atoms with E-state index in [2.05, 4.69) is 5.32 Å². The SMILES string of the molecule is CCOc1cc(C=C(C#N)C(=O)NC(C)C)ccc1OCc1ccccc1. The van der Waals surface area contributed by atoms with Crippen LogP contribution in [0.1, 0.15) is 31.9 Å². The molecule has 0 aliphatic carbocycles. The van der Waals surface area contributed by atoms with Crippen LogP contribution >= 0.6 is 0 Å². The van der Waals surface area contributed by atoms with Crippen LogP contribution in [0.5, 0.6) is 11.5 Å². The molecule has 2 rings (SSSR count). The summed E-state index contributed by atoms with van der Waals surface area (Å²) in [5.41, 5.74) is 1.80. The highest BCUT2D eigenvalue weighted by molar-refractivity contribution is 6.01. The number of rotatable bonds is 8. The lowest BCUT2D eigenvalue weighted by atomic mass is 10.1. The number of hydrogen-bond donors (Lipinski definition) is 1. The lowest BCUT2D eigenvalue weighted by Gasteiger charge is -2.13. The molecule has 0 unspecified atom stereocenters. The van der Waals surface area contributed by atoms with Gasteiger partial charge in [0.25, 0.3) is 5.91 Å². The zero-order chi connectivity index (χ0) is 19.6. The Morgan fingerprint density at radius 1 is 1.15 bits per heavy atom. The highest BCUT2D eigenvalue weighted by atomic mass is 16.5. The van der Waals surface area contributed by atoms with E-state index in [0.29, 0.717) is 30.3 Å². The van der Waals surface area contributed by atoms with E-state index in [-0.39, 0.29) is 11.6 Å². The highest BCUT2D eigenvalue weighted by Crippen LogP contribution is 2.30. The van der Waals surface area contributed by atoms with Crippen LogP contribution in [0.3, 0.4) is 0 Å². The Morgan fingerprint density at radius 3 is 2.52 bits per heavy atom. The molecule has 0 bridgehead atoms. The van der Waals surface area contributed by atoms with Crippen molar-refractivity contribution in [3.8, 4) is 17.6 Å². The van der Waals surface area contributed by atoms with Crippen molar-refractivity contribution in [1.29, 1.82) is 5.26 Å². The van der Waals surface area contributed by atoms with Crippen LogP contribution in [0.2, 0.25) is 0 Å². The Morgan fingerprint density at radius 2 is 1.89 bits per heavy atom. The Labute approximate surface area is 160 Å². The van der Waals surface area contributed by atoms with Gasteiger partial charge < -0.3 is 14.8 Å². The van der Waals surface area contributed by atoms with Gasteiger partial charge in [0.15, 0.2) is 11.5 Å². The molecule has 0 aromatic heterocycles. The van der Waals surface area contributed by atoms with Crippen molar-refractivity contribution in [2.75, 3.05) is 6.61 Å². The number of nitrogens with one attached hydrogen (secondary N) is 1. The summed E-state index contributed by atoms with van der Waals surface area (Å²) < 4.78 is 11.5. The van der Waals surface area contributed by atoms with Crippen molar-refractivity contribution < 1.29 is 14.3 Å². The van der Waals surface area contributed by atoms with E-state index in [1.165, 1.54) is 0 Å². The van der Waals surface area contributed by atoms with Crippen LogP contribution in [0.25, 0.3) is 6.08 Å². The van der Waals surface area contributed by atoms with Crippen LogP contribution < -0.4 is 14.8 Å². The van der Waals surface area contributed by atoms with Crippen LogP contribution in [-0.4, -0.2) is 18.6 Å². The van der Waals surface area contributed by atoms with Crippen LogP contribution in [0.15, 0.2) is 54.1 Å². The molecular formula is C22H24N2O3. The van der Waals surface area contributed by atoms with Gasteiger partial charge in [-0.15, -0.1) is 0 Å². The van der Waals surface area contributed by atoms with Gasteiger partial charge in [-0.2, -0.15) is 5.26 Å². The van der Waals surface area contributed by atoms with Gasteiger partial charge in [-0.05, 0) is 50.1 Å². The second kappa shape index (κ2) is 10.0. The van der Waals surface area contributed by atoms with Gasteiger partial charge in [0.2, 0.25) is 0 Å². The van der Waals surface area contributed by atoms with E-state index < -0.39 is 5.91 Å². The first kappa shape index (κ1) is 20.1. The lowest BCUT2D eigenvalue weighted by Crippen LogP contribution is -2.30. The molecule has 5 nitrogen and oxygen atoms in total. The summed E-state index contributed by atoms with van der Waals surface area (Å²) in [7, 11) is 0. The van der Waals surface area contributed by atoms with Crippen molar-refractivity contribution in [3.63, 3.8) is 0 Å². The summed E-state index contributed by atoms with van der Waals surface area (Å²) in [6.45, 7) is 6.49. The molecular weight excluding hydrogens is 340 g/mol. The minimum absolute atomic E-state index is 0.0398. The maximum absolute atomic E-state index is 12.1. The molecule has 0 spiro atoms. The molecule has 2 aromatic rings. The third-order valence-electron chi connectivity index (χ3n) is 3.60. The Bertz CT molecular complexity index is 836. The standard InChI is InChI=1S/C22H24N2O3/c1-4-26-21-13-18(12-19(14-23)22(25)24-16(2)3)10-11-20(21)27-15-17-8-6-5-7-9-17/h5-13,16H,4,15H2,1-3H3,(H,24,25). The number of nitriles is 1. The van der Waals surface area contributed by atoms with Crippen molar-refractivity contribution in [2.45, 2.75) is 33.4 Å². The second-order valence-corrected chi connectivity index (χ2v) is 6.21. The van der Waals surface area contributed by atoms with Crippen LogP contribution in [0, 0.1) is 11.3 Å². The summed E-state index contributed by atoms with van der Waals surface area (Å²) in [6.07, 6.45) is 1.54. The van der Waals surface area contributed by atoms with E-state index in [1.54, 1.807) is 24.3 Å². The van der Waals surface area contributed by atoms with Gasteiger partial charge >= 0.3 is 0 Å². The molecule has 0 atom stereocenters. The Hall–Kier alpha value is -3.26. The predicted molar refractivity (Wildman–Crippen MR) is 105 cm³/mol. The maximum atomic E-state index is 12.1. The first-order valence-electron chi connectivity index (χ1n) is 8.89. The molecule has 0 aliphatic rings. The van der Waals surface area contributed by atoms with E-state index in [1.807, 2.05) is 57.2 Å². The molecule has 0 radical (unpaired) electrons. The number of carbonyl (C=O) groups is 1. The number of carbonyl (C=O) groups excluding carboxylic acids is 1. The average Bonchev–Trinajstić information content (AvgIpc) is 2.66. The smallest absolute Gasteiger partial charge is 0.262 e. The molecule has 140 valence electrons. The first-order valence-corrected chi connectivity index (χ1v) is 8.89. The van der Waals surface area contributed by atoms with Crippen LogP contribution in [-0.2, 0) is 11.4 Å². The maximum Gasteiger partial charge on any atom is 0.262 e. The lowest BCUT2D eigenvalue weighted by molar-refractivity contribution is -0.117. The zero-order valence-electron chi connectivity index (χ0n) is 15.9. The number of hydrogen-bond acceptors (Lipinski definition) is 4. The van der Waals surface area contributed by atoms with E-state index in [4.69, 9.17) is 9.47 Å². The molecule has 1 amide bonds. The highest BCUT2D eigenvalue weighted by Gasteiger charge is 2.12. The van der Waals surface area contributed by atoms with E-state index in [0.717, 1.165) is 5.56 Å². The predicted octanol–water partition coefficient (Wildman–Crippen LogP) is 4.10. The minimum atomic E-state index is -0.394. The van der Waals surface area contributed by atoms with Gasteiger partial charge in [0, 0.05) is 6.04 Å². The molecule has 27 heavy (non-hydrogen) atoms. The fraction of sp³-hybridized carbons (Fsp3) is 0.273. The number of benzene rings is 2. The second-order valence-electron chi connectivity index (χ2n) is 6.21. The topological polar surface area (TPSA) is 71.3 Å². The molecule has 0 aliphatic heterocycles. The molecule has 0 saturated heterocycles. The average molecular weight is 364 g/mol. The van der Waals surface area contributed by atoms with Gasteiger partial charge in [-0.25, -0.2) is 0 Å². The monoisotopic (exact) mass is 364 g/mol. The van der Waals surface area contributed by atoms with Crippen molar-refractivity contribution in [2.24, 2.45) is 0 Å². The van der Waals surface area contributed by atoms with E-state index >= 15 is 0 Å². The molecule has 2 aromatic carbocycles. The number of amides is 1. The van der Waals surface area contributed by atoms with Gasteiger partial charge in [-0.1, -0.05) is 36.4 Å². The van der Waals surface area contributed by atoms with E-state index in [9.17, 15) is 10.1 Å². The Kier molecular flexibility index (Phi) is 7.45. The molecule has 5 heteroatoms. The summed E-state index contributed by atoms with van der Waals surface area (Å²) in [5.74, 6) is 0.793. The summed E-state index contributed by atoms with van der Waals surface area (Å²) >= 11 is 0. The summed E-state index contributed by atoms with van der Waals surface area (Å²) in [5, 5.41) is 12.0. The summed E-state index contributed by atoms with van der Waals surface area (Å²) in [4.78, 5) is 12.1. The Balaban J connectivity index is 2.21. The number of ether oxygens (including phenoxy) is 2. The molecule has 0 saturated carbocycles. The molecule has 1 N–H and O–H groups in total. The van der Waals surface area contributed by atoms with Gasteiger partial charge in [0.05, 0.1) is 6.61 Å². The van der Waals surface area contributed by atoms with Crippen molar-refractivity contribution in [1.82, 2.24) is 5.32 Å². The number of nitrogens with zero attached hydrogens (tertiary/aromatic N) is 1. The molecule has 0 fully saturated rings. The summed E-state index contributed by atoms with van der Waals surface area (Å²) in [6, 6.07) is 17.1. The zero-order valence-corrected chi connectivity index (χ0v) is 15.9. The fourth-order valence-electron chi connectivity index (χ4n) is 2.39. The van der Waals surface area contributed by atoms with Crippen molar-refractivity contribution in [3.05, 3.63) is 65.2 Å². The first-order chi connectivity index (χ1) is 13.0. The minimum Gasteiger partial charge on any atom is -0.490 e. The quantitative estimate of drug-likeness (QED) is 0.565. The third-order valence-corrected chi connectivity index (χ3v) is 3.60. The van der Waals surface area contributed by atoms with Crippen LogP contribution in [0.4, 0.5) is 0 Å². The largest absolute Gasteiger partial charge is 0.490 e. The normalized spacial score (nSPS) is 11.0.